The van der Waals surface area contributed by atoms with E-state index in [9.17, 15) is 31.8 Å². The molecule has 0 radical (unpaired) electrons. The summed E-state index contributed by atoms with van der Waals surface area (Å²) in [5.41, 5.74) is -0.558. The van der Waals surface area contributed by atoms with Gasteiger partial charge in [0, 0.05) is 0 Å². The van der Waals surface area contributed by atoms with Crippen molar-refractivity contribution in [3.8, 4) is 0 Å². The second-order valence-corrected chi connectivity index (χ2v) is 12.7. The summed E-state index contributed by atoms with van der Waals surface area (Å²) in [4.78, 5) is 38.7. The number of nitrogens with zero attached hydrogens (tertiary/aromatic N) is 1. The third kappa shape index (κ3) is 5.26. The fourth-order valence-electron chi connectivity index (χ4n) is 3.73. The summed E-state index contributed by atoms with van der Waals surface area (Å²) < 4.78 is 52.9. The van der Waals surface area contributed by atoms with Gasteiger partial charge in [-0.1, -0.05) is 46.9 Å². The van der Waals surface area contributed by atoms with E-state index in [1.54, 1.807) is 0 Å². The Balaban J connectivity index is 1.67. The molecular weight excluding hydrogens is 532 g/mol. The van der Waals surface area contributed by atoms with Crippen molar-refractivity contribution in [3.05, 3.63) is 35.4 Å². The lowest BCUT2D eigenvalue weighted by molar-refractivity contribution is -0.164. The molecule has 0 saturated carbocycles. The van der Waals surface area contributed by atoms with Gasteiger partial charge in [0.15, 0.2) is 0 Å². The first-order valence-electron chi connectivity index (χ1n) is 9.46. The summed E-state index contributed by atoms with van der Waals surface area (Å²) in [7, 11) is -1.76. The molecule has 2 aliphatic rings. The quantitative estimate of drug-likeness (QED) is 0.346. The first-order chi connectivity index (χ1) is 15.0. The average Bonchev–Trinajstić information content (AvgIpc) is 2.87. The van der Waals surface area contributed by atoms with Crippen LogP contribution in [0.15, 0.2) is 24.3 Å². The molecule has 4 atom stereocenters. The van der Waals surface area contributed by atoms with Crippen LogP contribution in [-0.2, 0) is 42.5 Å². The van der Waals surface area contributed by atoms with E-state index in [4.69, 9.17) is 39.5 Å². The van der Waals surface area contributed by atoms with Crippen molar-refractivity contribution < 1.29 is 36.5 Å². The maximum absolute atomic E-state index is 13.0. The van der Waals surface area contributed by atoms with Crippen LogP contribution >= 0.6 is 34.8 Å². The van der Waals surface area contributed by atoms with Crippen molar-refractivity contribution in [2.24, 2.45) is 0 Å². The number of nitrogens with one attached hydrogen (secondary N) is 1. The summed E-state index contributed by atoms with van der Waals surface area (Å²) in [6.07, 6.45) is -4.79. The summed E-state index contributed by atoms with van der Waals surface area (Å²) in [6, 6.07) is 1.64. The minimum absolute atomic E-state index is 0.292. The van der Waals surface area contributed by atoms with Crippen molar-refractivity contribution in [1.29, 1.82) is 0 Å². The van der Waals surface area contributed by atoms with E-state index in [0.29, 0.717) is 5.56 Å². The van der Waals surface area contributed by atoms with E-state index in [1.165, 1.54) is 13.8 Å². The Bertz CT molecular complexity index is 998. The monoisotopic (exact) mass is 548 g/mol. The Morgan fingerprint density at radius 3 is 2.27 bits per heavy atom. The molecule has 7 nitrogen and oxygen atoms in total. The Kier molecular flexibility index (Phi) is 7.03. The van der Waals surface area contributed by atoms with Gasteiger partial charge in [-0.3, -0.25) is 13.8 Å². The Morgan fingerprint density at radius 1 is 1.18 bits per heavy atom. The van der Waals surface area contributed by atoms with Crippen LogP contribution in [0.25, 0.3) is 0 Å². The Hall–Kier alpha value is -1.56. The van der Waals surface area contributed by atoms with Crippen LogP contribution in [0.3, 0.4) is 0 Å². The SMILES string of the molecule is CC1(C)[C@H](C(=O)OCC(Cl)(Cl)Cl)N2C(=O)[C@@H](NC(=O)Cc3ccc(C(F)(F)F)cc3)[C@H]2[S@@]1=O. The maximum atomic E-state index is 13.0. The molecule has 2 aliphatic heterocycles. The minimum atomic E-state index is -4.50. The molecule has 1 aromatic carbocycles. The number of halogens is 6. The average molecular weight is 550 g/mol. The molecule has 1 N–H and O–H groups in total. The van der Waals surface area contributed by atoms with Crippen LogP contribution in [-0.4, -0.2) is 59.5 Å². The molecule has 2 heterocycles. The number of carbonyl (C=O) groups is 3. The molecule has 2 amide bonds. The van der Waals surface area contributed by atoms with E-state index >= 15 is 0 Å². The van der Waals surface area contributed by atoms with Crippen molar-refractivity contribution in [2.75, 3.05) is 6.61 Å². The number of ether oxygens (including phenoxy) is 1. The standard InChI is InChI=1S/C19H18Cl3F3N2O5S/c1-17(2)13(16(30)32-8-18(20,21)22)27-14(29)12(15(27)33(17)31)26-11(28)7-9-3-5-10(6-4-9)19(23,24)25/h3-6,12-13,15H,7-8H2,1-2H3,(H,26,28)/t12-,13+,15-,33+/m1/s1. The smallest absolute Gasteiger partial charge is 0.416 e. The zero-order valence-corrected chi connectivity index (χ0v) is 20.2. The predicted octanol–water partition coefficient (Wildman–Crippen LogP) is 2.72. The Labute approximate surface area is 204 Å². The molecule has 0 aromatic heterocycles. The first kappa shape index (κ1) is 26.1. The van der Waals surface area contributed by atoms with Crippen molar-refractivity contribution in [1.82, 2.24) is 10.2 Å². The van der Waals surface area contributed by atoms with Crippen LogP contribution in [0.5, 0.6) is 0 Å². The van der Waals surface area contributed by atoms with Gasteiger partial charge in [0.2, 0.25) is 15.6 Å². The molecule has 0 bridgehead atoms. The number of β-lactam (4-membered cyclic amide) rings is 1. The van der Waals surface area contributed by atoms with Crippen molar-refractivity contribution >= 4 is 63.4 Å². The van der Waals surface area contributed by atoms with Crippen LogP contribution in [0.4, 0.5) is 13.2 Å². The minimum Gasteiger partial charge on any atom is -0.460 e. The van der Waals surface area contributed by atoms with Gasteiger partial charge < -0.3 is 15.0 Å². The molecule has 0 spiro atoms. The highest BCUT2D eigenvalue weighted by molar-refractivity contribution is 7.87. The predicted molar refractivity (Wildman–Crippen MR) is 115 cm³/mol. The lowest BCUT2D eigenvalue weighted by Crippen LogP contribution is -2.71. The Morgan fingerprint density at radius 2 is 1.76 bits per heavy atom. The van der Waals surface area contributed by atoms with Gasteiger partial charge in [0.25, 0.3) is 0 Å². The summed E-state index contributed by atoms with van der Waals surface area (Å²) in [5.74, 6) is -2.19. The van der Waals surface area contributed by atoms with E-state index in [1.807, 2.05) is 0 Å². The van der Waals surface area contributed by atoms with Crippen LogP contribution < -0.4 is 5.32 Å². The number of benzene rings is 1. The molecule has 2 fully saturated rings. The highest BCUT2D eigenvalue weighted by atomic mass is 35.6. The van der Waals surface area contributed by atoms with Gasteiger partial charge in [-0.2, -0.15) is 13.2 Å². The van der Waals surface area contributed by atoms with Gasteiger partial charge in [-0.05, 0) is 31.5 Å². The summed E-state index contributed by atoms with van der Waals surface area (Å²) in [6.45, 7) is 2.45. The number of hydrogen-bond donors (Lipinski definition) is 1. The fraction of sp³-hybridized carbons (Fsp3) is 0.526. The van der Waals surface area contributed by atoms with E-state index in [2.05, 4.69) is 5.32 Å². The number of rotatable bonds is 5. The highest BCUT2D eigenvalue weighted by Crippen LogP contribution is 2.44. The van der Waals surface area contributed by atoms with Crippen LogP contribution in [0.1, 0.15) is 25.0 Å². The summed E-state index contributed by atoms with van der Waals surface area (Å²) >= 11 is 16.7. The fourth-order valence-corrected chi connectivity index (χ4v) is 5.81. The summed E-state index contributed by atoms with van der Waals surface area (Å²) in [5, 5.41) is 1.48. The number of hydrogen-bond acceptors (Lipinski definition) is 5. The third-order valence-electron chi connectivity index (χ3n) is 5.32. The number of amides is 2. The largest absolute Gasteiger partial charge is 0.460 e. The second kappa shape index (κ2) is 8.90. The van der Waals surface area contributed by atoms with Gasteiger partial charge >= 0.3 is 12.1 Å². The number of fused-ring (bicyclic) bond motifs is 1. The van der Waals surface area contributed by atoms with E-state index < -0.39 is 72.9 Å². The molecule has 1 aromatic rings. The van der Waals surface area contributed by atoms with Gasteiger partial charge in [-0.25, -0.2) is 4.79 Å². The van der Waals surface area contributed by atoms with Crippen molar-refractivity contribution in [3.63, 3.8) is 0 Å². The number of esters is 1. The molecular formula is C19H18Cl3F3N2O5S. The van der Waals surface area contributed by atoms with Crippen LogP contribution in [0.2, 0.25) is 0 Å². The molecule has 0 unspecified atom stereocenters. The number of carbonyl (C=O) groups excluding carboxylic acids is 3. The van der Waals surface area contributed by atoms with E-state index in [-0.39, 0.29) is 6.42 Å². The molecule has 2 saturated heterocycles. The lowest BCUT2D eigenvalue weighted by Gasteiger charge is -2.43. The topological polar surface area (TPSA) is 92.8 Å². The first-order valence-corrected chi connectivity index (χ1v) is 11.8. The normalized spacial score (nSPS) is 26.4. The lowest BCUT2D eigenvalue weighted by atomic mass is 9.96. The molecule has 0 aliphatic carbocycles. The van der Waals surface area contributed by atoms with Gasteiger partial charge in [-0.15, -0.1) is 0 Å². The maximum Gasteiger partial charge on any atom is 0.416 e. The van der Waals surface area contributed by atoms with Crippen LogP contribution in [0, 0.1) is 0 Å². The zero-order valence-electron chi connectivity index (χ0n) is 17.1. The molecule has 33 heavy (non-hydrogen) atoms. The van der Waals surface area contributed by atoms with E-state index in [0.717, 1.165) is 29.2 Å². The van der Waals surface area contributed by atoms with Crippen molar-refractivity contribution in [2.45, 2.75) is 52.4 Å². The molecule has 182 valence electrons. The molecule has 3 rings (SSSR count). The number of alkyl halides is 6. The third-order valence-corrected chi connectivity index (χ3v) is 7.84. The molecule has 14 heteroatoms. The van der Waals surface area contributed by atoms with Gasteiger partial charge in [0.1, 0.15) is 24.1 Å². The second-order valence-electron chi connectivity index (χ2n) is 8.08. The highest BCUT2D eigenvalue weighted by Gasteiger charge is 2.68. The van der Waals surface area contributed by atoms with Gasteiger partial charge in [0.05, 0.1) is 27.5 Å². The zero-order chi connectivity index (χ0) is 24.9.